The Balaban J connectivity index is 1.52. The fourth-order valence-corrected chi connectivity index (χ4v) is 4.69. The van der Waals surface area contributed by atoms with Gasteiger partial charge in [0.1, 0.15) is 10.6 Å². The first-order valence-corrected chi connectivity index (χ1v) is 11.2. The van der Waals surface area contributed by atoms with Gasteiger partial charge in [-0.05, 0) is 44.2 Å². The van der Waals surface area contributed by atoms with Crippen LogP contribution in [-0.4, -0.2) is 28.5 Å². The highest BCUT2D eigenvalue weighted by molar-refractivity contribution is 7.92. The number of hydrogen-bond acceptors (Lipinski definition) is 7. The Hall–Kier alpha value is -3.33. The van der Waals surface area contributed by atoms with E-state index < -0.39 is 10.0 Å². The van der Waals surface area contributed by atoms with Crippen LogP contribution in [0.5, 0.6) is 0 Å². The Labute approximate surface area is 173 Å². The molecule has 0 spiro atoms. The first kappa shape index (κ1) is 18.7. The molecule has 4 aromatic rings. The molecule has 8 nitrogen and oxygen atoms in total. The summed E-state index contributed by atoms with van der Waals surface area (Å²) < 4.78 is 33.8. The van der Waals surface area contributed by atoms with E-state index in [-0.39, 0.29) is 16.6 Å². The first-order valence-electron chi connectivity index (χ1n) is 9.71. The van der Waals surface area contributed by atoms with Gasteiger partial charge in [-0.3, -0.25) is 0 Å². The van der Waals surface area contributed by atoms with Crippen LogP contribution in [-0.2, 0) is 22.9 Å². The highest BCUT2D eigenvalue weighted by Gasteiger charge is 2.22. The van der Waals surface area contributed by atoms with Crippen LogP contribution in [0, 0.1) is 6.92 Å². The number of nitrogens with one attached hydrogen (secondary N) is 1. The Morgan fingerprint density at radius 1 is 1.07 bits per heavy atom. The predicted octanol–water partition coefficient (Wildman–Crippen LogP) is 3.67. The maximum Gasteiger partial charge on any atom is 0.265 e. The number of benzene rings is 1. The number of aromatic nitrogens is 4. The number of aryl methyl sites for hydroxylation is 2. The second kappa shape index (κ2) is 7.17. The third-order valence-corrected chi connectivity index (χ3v) is 6.57. The standard InChI is InChI=1S/C21H19N5O3S/c1-13-16-9-5-6-10-18(16)24-21(23-13)26-30(27,28)15-11-17-19(14-7-3-2-4-8-14)25-29-20(17)22-12-15/h2-4,7-8,11-12H,5-6,9-10H2,1H3,(H,23,24,26). The van der Waals surface area contributed by atoms with Gasteiger partial charge in [-0.1, -0.05) is 35.5 Å². The lowest BCUT2D eigenvalue weighted by molar-refractivity contribution is 0.451. The normalized spacial score (nSPS) is 13.9. The van der Waals surface area contributed by atoms with E-state index in [2.05, 4.69) is 24.8 Å². The average Bonchev–Trinajstić information content (AvgIpc) is 3.17. The Bertz CT molecular complexity index is 1350. The first-order chi connectivity index (χ1) is 14.5. The Morgan fingerprint density at radius 3 is 2.70 bits per heavy atom. The Kier molecular flexibility index (Phi) is 4.47. The van der Waals surface area contributed by atoms with Crippen LogP contribution >= 0.6 is 0 Å². The maximum absolute atomic E-state index is 13.0. The van der Waals surface area contributed by atoms with E-state index in [1.165, 1.54) is 12.3 Å². The number of rotatable bonds is 4. The minimum atomic E-state index is -3.93. The van der Waals surface area contributed by atoms with Crippen molar-refractivity contribution in [3.05, 3.63) is 59.5 Å². The van der Waals surface area contributed by atoms with Crippen molar-refractivity contribution >= 4 is 27.1 Å². The fourth-order valence-electron chi connectivity index (χ4n) is 3.77. The molecule has 3 heterocycles. The number of hydrogen-bond donors (Lipinski definition) is 1. The molecule has 0 unspecified atom stereocenters. The van der Waals surface area contributed by atoms with Gasteiger partial charge in [0.2, 0.25) is 5.95 Å². The summed E-state index contributed by atoms with van der Waals surface area (Å²) in [6, 6.07) is 10.9. The molecule has 0 saturated carbocycles. The van der Waals surface area contributed by atoms with E-state index in [0.29, 0.717) is 11.1 Å². The summed E-state index contributed by atoms with van der Waals surface area (Å²) in [6.45, 7) is 1.89. The minimum Gasteiger partial charge on any atom is -0.335 e. The van der Waals surface area contributed by atoms with E-state index in [9.17, 15) is 8.42 Å². The number of pyridine rings is 1. The second-order valence-corrected chi connectivity index (χ2v) is 8.97. The zero-order valence-corrected chi connectivity index (χ0v) is 17.1. The lowest BCUT2D eigenvalue weighted by Gasteiger charge is -2.17. The number of fused-ring (bicyclic) bond motifs is 2. The molecular formula is C21H19N5O3S. The van der Waals surface area contributed by atoms with Crippen LogP contribution in [0.3, 0.4) is 0 Å². The Morgan fingerprint density at radius 2 is 1.87 bits per heavy atom. The third-order valence-electron chi connectivity index (χ3n) is 5.28. The fraction of sp³-hybridized carbons (Fsp3) is 0.238. The second-order valence-electron chi connectivity index (χ2n) is 7.29. The van der Waals surface area contributed by atoms with Gasteiger partial charge in [0.25, 0.3) is 15.7 Å². The van der Waals surface area contributed by atoms with Gasteiger partial charge < -0.3 is 4.52 Å². The molecule has 0 saturated heterocycles. The molecule has 5 rings (SSSR count). The summed E-state index contributed by atoms with van der Waals surface area (Å²) in [7, 11) is -3.93. The molecule has 1 aliphatic carbocycles. The van der Waals surface area contributed by atoms with Gasteiger partial charge in [0.15, 0.2) is 0 Å². The van der Waals surface area contributed by atoms with Crippen molar-refractivity contribution < 1.29 is 12.9 Å². The molecule has 9 heteroatoms. The lowest BCUT2D eigenvalue weighted by atomic mass is 9.95. The van der Waals surface area contributed by atoms with Crippen molar-refractivity contribution in [3.8, 4) is 11.3 Å². The van der Waals surface area contributed by atoms with Crippen molar-refractivity contribution in [1.82, 2.24) is 20.1 Å². The lowest BCUT2D eigenvalue weighted by Crippen LogP contribution is -2.18. The van der Waals surface area contributed by atoms with Gasteiger partial charge in [-0.25, -0.2) is 28.1 Å². The van der Waals surface area contributed by atoms with Gasteiger partial charge in [-0.2, -0.15) is 0 Å². The molecule has 0 bridgehead atoms. The molecule has 1 N–H and O–H groups in total. The molecule has 0 amide bonds. The van der Waals surface area contributed by atoms with Gasteiger partial charge in [-0.15, -0.1) is 0 Å². The number of anilines is 1. The van der Waals surface area contributed by atoms with Gasteiger partial charge >= 0.3 is 0 Å². The summed E-state index contributed by atoms with van der Waals surface area (Å²) in [5.74, 6) is 0.0850. The van der Waals surface area contributed by atoms with Crippen molar-refractivity contribution in [2.24, 2.45) is 0 Å². The summed E-state index contributed by atoms with van der Waals surface area (Å²) in [5, 5.41) is 4.58. The molecule has 0 fully saturated rings. The molecule has 3 aromatic heterocycles. The van der Waals surface area contributed by atoms with E-state index in [1.807, 2.05) is 37.3 Å². The summed E-state index contributed by atoms with van der Waals surface area (Å²) in [6.07, 6.45) is 5.17. The average molecular weight is 421 g/mol. The van der Waals surface area contributed by atoms with E-state index in [0.717, 1.165) is 48.2 Å². The van der Waals surface area contributed by atoms with Crippen LogP contribution in [0.15, 0.2) is 52.0 Å². The molecule has 1 aliphatic rings. The molecular weight excluding hydrogens is 402 g/mol. The monoisotopic (exact) mass is 421 g/mol. The largest absolute Gasteiger partial charge is 0.335 e. The van der Waals surface area contributed by atoms with E-state index in [4.69, 9.17) is 4.52 Å². The van der Waals surface area contributed by atoms with Gasteiger partial charge in [0, 0.05) is 17.0 Å². The van der Waals surface area contributed by atoms with Crippen LogP contribution in [0.1, 0.15) is 29.8 Å². The smallest absolute Gasteiger partial charge is 0.265 e. The van der Waals surface area contributed by atoms with Crippen molar-refractivity contribution in [3.63, 3.8) is 0 Å². The third kappa shape index (κ3) is 3.30. The summed E-state index contributed by atoms with van der Waals surface area (Å²) in [4.78, 5) is 12.9. The molecule has 0 atom stereocenters. The molecule has 152 valence electrons. The van der Waals surface area contributed by atoms with Crippen molar-refractivity contribution in [1.29, 1.82) is 0 Å². The van der Waals surface area contributed by atoms with E-state index >= 15 is 0 Å². The quantitative estimate of drug-likeness (QED) is 0.535. The molecule has 0 radical (unpaired) electrons. The summed E-state index contributed by atoms with van der Waals surface area (Å²) in [5.41, 5.74) is 4.49. The van der Waals surface area contributed by atoms with Crippen LogP contribution < -0.4 is 4.72 Å². The summed E-state index contributed by atoms with van der Waals surface area (Å²) >= 11 is 0. The predicted molar refractivity (Wildman–Crippen MR) is 111 cm³/mol. The number of sulfonamides is 1. The van der Waals surface area contributed by atoms with Crippen LogP contribution in [0.4, 0.5) is 5.95 Å². The topological polar surface area (TPSA) is 111 Å². The molecule has 1 aromatic carbocycles. The number of nitrogens with zero attached hydrogens (tertiary/aromatic N) is 4. The van der Waals surface area contributed by atoms with Crippen LogP contribution in [0.2, 0.25) is 0 Å². The SMILES string of the molecule is Cc1nc(NS(=O)(=O)c2cnc3onc(-c4ccccc4)c3c2)nc2c1CCCC2. The van der Waals surface area contributed by atoms with Gasteiger partial charge in [0.05, 0.1) is 11.6 Å². The zero-order chi connectivity index (χ0) is 20.7. The van der Waals surface area contributed by atoms with Crippen LogP contribution in [0.25, 0.3) is 22.4 Å². The zero-order valence-electron chi connectivity index (χ0n) is 16.3. The van der Waals surface area contributed by atoms with Crippen molar-refractivity contribution in [2.45, 2.75) is 37.5 Å². The highest BCUT2D eigenvalue weighted by atomic mass is 32.2. The maximum atomic E-state index is 13.0. The molecule has 30 heavy (non-hydrogen) atoms. The van der Waals surface area contributed by atoms with E-state index in [1.54, 1.807) is 0 Å². The minimum absolute atomic E-state index is 0.00523. The molecule has 0 aliphatic heterocycles. The highest BCUT2D eigenvalue weighted by Crippen LogP contribution is 2.29. The van der Waals surface area contributed by atoms with Crippen molar-refractivity contribution in [2.75, 3.05) is 4.72 Å².